The van der Waals surface area contributed by atoms with Gasteiger partial charge in [-0.25, -0.2) is 4.79 Å². The van der Waals surface area contributed by atoms with Crippen LogP contribution in [0.1, 0.15) is 60.4 Å². The zero-order valence-corrected chi connectivity index (χ0v) is 15.9. The molecule has 0 atom stereocenters. The first-order valence-electron chi connectivity index (χ1n) is 10.2. The number of nitrogens with zero attached hydrogens (tertiary/aromatic N) is 2. The molecule has 4 heteroatoms. The average Bonchev–Trinajstić information content (AvgIpc) is 3.25. The Morgan fingerprint density at radius 1 is 1.07 bits per heavy atom. The van der Waals surface area contributed by atoms with Gasteiger partial charge in [-0.05, 0) is 55.0 Å². The predicted octanol–water partition coefficient (Wildman–Crippen LogP) is 5.35. The number of rotatable bonds is 2. The van der Waals surface area contributed by atoms with E-state index in [4.69, 9.17) is 4.74 Å². The maximum atomic E-state index is 12.1. The van der Waals surface area contributed by atoms with Gasteiger partial charge in [0.1, 0.15) is 0 Å². The van der Waals surface area contributed by atoms with Gasteiger partial charge < -0.3 is 13.9 Å². The van der Waals surface area contributed by atoms with Crippen LogP contribution in [-0.2, 0) is 17.8 Å². The molecule has 0 saturated heterocycles. The van der Waals surface area contributed by atoms with Gasteiger partial charge in [0, 0.05) is 30.2 Å². The summed E-state index contributed by atoms with van der Waals surface area (Å²) in [7, 11) is 1.45. The van der Waals surface area contributed by atoms with Gasteiger partial charge in [-0.15, -0.1) is 0 Å². The van der Waals surface area contributed by atoms with Crippen molar-refractivity contribution in [1.29, 1.82) is 0 Å². The summed E-state index contributed by atoms with van der Waals surface area (Å²) in [5, 5.41) is 1.32. The van der Waals surface area contributed by atoms with Crippen LogP contribution in [0.2, 0.25) is 0 Å². The molecule has 0 amide bonds. The zero-order chi connectivity index (χ0) is 18.4. The molecule has 3 heterocycles. The molecule has 27 heavy (non-hydrogen) atoms. The smallest absolute Gasteiger partial charge is 0.337 e. The number of esters is 1. The van der Waals surface area contributed by atoms with Crippen LogP contribution in [0.5, 0.6) is 0 Å². The van der Waals surface area contributed by atoms with E-state index in [9.17, 15) is 4.79 Å². The number of ether oxygens (including phenoxy) is 1. The van der Waals surface area contributed by atoms with Crippen molar-refractivity contribution in [3.63, 3.8) is 0 Å². The number of carbonyl (C=O) groups is 1. The van der Waals surface area contributed by atoms with E-state index in [2.05, 4.69) is 33.5 Å². The molecule has 0 radical (unpaired) electrons. The Hall–Kier alpha value is -2.49. The fraction of sp³-hybridized carbons (Fsp3) is 0.435. The molecule has 2 aromatic heterocycles. The molecule has 2 aliphatic rings. The Bertz CT molecular complexity index is 1000. The predicted molar refractivity (Wildman–Crippen MR) is 107 cm³/mol. The fourth-order valence-electron chi connectivity index (χ4n) is 5.16. The van der Waals surface area contributed by atoms with Crippen LogP contribution in [0, 0.1) is 0 Å². The SMILES string of the molecule is COC(=O)c1ccc2c(C3CCCCC3)c3n(c2c1)CCCn1cccc1-3. The number of benzene rings is 1. The molecule has 0 unspecified atom stereocenters. The van der Waals surface area contributed by atoms with E-state index in [-0.39, 0.29) is 5.97 Å². The van der Waals surface area contributed by atoms with E-state index in [0.29, 0.717) is 11.5 Å². The topological polar surface area (TPSA) is 36.2 Å². The third-order valence-electron chi connectivity index (χ3n) is 6.39. The van der Waals surface area contributed by atoms with Crippen LogP contribution in [-0.4, -0.2) is 22.2 Å². The summed E-state index contributed by atoms with van der Waals surface area (Å²) in [6, 6.07) is 10.5. The van der Waals surface area contributed by atoms with Crippen molar-refractivity contribution in [2.24, 2.45) is 0 Å². The number of aromatic nitrogens is 2. The lowest BCUT2D eigenvalue weighted by Crippen LogP contribution is -2.07. The summed E-state index contributed by atoms with van der Waals surface area (Å²) in [4.78, 5) is 12.1. The second-order valence-electron chi connectivity index (χ2n) is 7.91. The number of carbonyl (C=O) groups excluding carboxylic acids is 1. The van der Waals surface area contributed by atoms with Gasteiger partial charge in [-0.3, -0.25) is 0 Å². The van der Waals surface area contributed by atoms with Gasteiger partial charge in [0.05, 0.1) is 24.1 Å². The molecule has 0 N–H and O–H groups in total. The molecule has 1 fully saturated rings. The number of aryl methyl sites for hydroxylation is 2. The van der Waals surface area contributed by atoms with Crippen molar-refractivity contribution in [2.75, 3.05) is 7.11 Å². The molecule has 4 nitrogen and oxygen atoms in total. The average molecular weight is 362 g/mol. The molecule has 5 rings (SSSR count). The monoisotopic (exact) mass is 362 g/mol. The largest absolute Gasteiger partial charge is 0.465 e. The van der Waals surface area contributed by atoms with Crippen LogP contribution in [0.25, 0.3) is 22.3 Å². The maximum Gasteiger partial charge on any atom is 0.337 e. The molecule has 1 aromatic carbocycles. The zero-order valence-electron chi connectivity index (χ0n) is 15.9. The highest BCUT2D eigenvalue weighted by Gasteiger charge is 2.29. The Balaban J connectivity index is 1.80. The maximum absolute atomic E-state index is 12.1. The van der Waals surface area contributed by atoms with Crippen LogP contribution in [0.15, 0.2) is 36.5 Å². The molecule has 0 bridgehead atoms. The van der Waals surface area contributed by atoms with Gasteiger partial charge in [0.2, 0.25) is 0 Å². The van der Waals surface area contributed by atoms with Crippen LogP contribution >= 0.6 is 0 Å². The number of hydrogen-bond donors (Lipinski definition) is 0. The molecule has 140 valence electrons. The second kappa shape index (κ2) is 6.59. The highest BCUT2D eigenvalue weighted by atomic mass is 16.5. The molecular weight excluding hydrogens is 336 g/mol. The minimum absolute atomic E-state index is 0.260. The molecule has 3 aromatic rings. The van der Waals surface area contributed by atoms with E-state index >= 15 is 0 Å². The highest BCUT2D eigenvalue weighted by Crippen LogP contribution is 2.45. The van der Waals surface area contributed by atoms with E-state index in [1.807, 2.05) is 12.1 Å². The molecule has 1 saturated carbocycles. The molecule has 1 aliphatic carbocycles. The lowest BCUT2D eigenvalue weighted by atomic mass is 9.82. The van der Waals surface area contributed by atoms with Gasteiger partial charge >= 0.3 is 5.97 Å². The second-order valence-corrected chi connectivity index (χ2v) is 7.91. The number of hydrogen-bond acceptors (Lipinski definition) is 2. The summed E-state index contributed by atoms with van der Waals surface area (Å²) < 4.78 is 9.83. The summed E-state index contributed by atoms with van der Waals surface area (Å²) >= 11 is 0. The van der Waals surface area contributed by atoms with Crippen molar-refractivity contribution < 1.29 is 9.53 Å². The standard InChI is InChI=1S/C23H26N2O2/c1-27-23(26)17-10-11-18-20(15-17)25-14-6-13-24-12-5-9-19(24)22(25)21(18)16-7-3-2-4-8-16/h5,9-12,15-16H,2-4,6-8,13-14H2,1H3. The van der Waals surface area contributed by atoms with Gasteiger partial charge in [0.15, 0.2) is 0 Å². The summed E-state index contributed by atoms with van der Waals surface area (Å²) in [6.45, 7) is 2.04. The van der Waals surface area contributed by atoms with Gasteiger partial charge in [-0.1, -0.05) is 25.3 Å². The highest BCUT2D eigenvalue weighted by molar-refractivity contribution is 5.98. The Kier molecular flexibility index (Phi) is 4.07. The summed E-state index contributed by atoms with van der Waals surface area (Å²) in [5.74, 6) is 0.353. The van der Waals surface area contributed by atoms with Crippen LogP contribution < -0.4 is 0 Å². The first kappa shape index (κ1) is 16.7. The summed E-state index contributed by atoms with van der Waals surface area (Å²) in [6.07, 6.45) is 9.83. The van der Waals surface area contributed by atoms with Crippen molar-refractivity contribution in [2.45, 2.75) is 57.5 Å². The Morgan fingerprint density at radius 2 is 1.93 bits per heavy atom. The number of fused-ring (bicyclic) bond motifs is 5. The van der Waals surface area contributed by atoms with E-state index < -0.39 is 0 Å². The quantitative estimate of drug-likeness (QED) is 0.576. The normalized spacial score (nSPS) is 17.4. The lowest BCUT2D eigenvalue weighted by Gasteiger charge is -2.23. The lowest BCUT2D eigenvalue weighted by molar-refractivity contribution is 0.0601. The minimum atomic E-state index is -0.260. The van der Waals surface area contributed by atoms with E-state index in [1.54, 1.807) is 0 Å². The van der Waals surface area contributed by atoms with Crippen molar-refractivity contribution in [1.82, 2.24) is 9.13 Å². The van der Waals surface area contributed by atoms with Crippen molar-refractivity contribution in [3.8, 4) is 11.4 Å². The minimum Gasteiger partial charge on any atom is -0.465 e. The summed E-state index contributed by atoms with van der Waals surface area (Å²) in [5.41, 5.74) is 6.02. The molecular formula is C23H26N2O2. The van der Waals surface area contributed by atoms with E-state index in [1.165, 1.54) is 67.1 Å². The van der Waals surface area contributed by atoms with Crippen molar-refractivity contribution in [3.05, 3.63) is 47.7 Å². The molecule has 0 spiro atoms. The van der Waals surface area contributed by atoms with Crippen LogP contribution in [0.4, 0.5) is 0 Å². The molecule has 1 aliphatic heterocycles. The first-order chi connectivity index (χ1) is 13.3. The van der Waals surface area contributed by atoms with E-state index in [0.717, 1.165) is 19.5 Å². The third kappa shape index (κ3) is 2.61. The van der Waals surface area contributed by atoms with Gasteiger partial charge in [0.25, 0.3) is 0 Å². The first-order valence-corrected chi connectivity index (χ1v) is 10.2. The Morgan fingerprint density at radius 3 is 2.74 bits per heavy atom. The Labute approximate surface area is 159 Å². The van der Waals surface area contributed by atoms with Crippen LogP contribution in [0.3, 0.4) is 0 Å². The van der Waals surface area contributed by atoms with Gasteiger partial charge in [-0.2, -0.15) is 0 Å². The fourth-order valence-corrected chi connectivity index (χ4v) is 5.16. The van der Waals surface area contributed by atoms with Crippen molar-refractivity contribution >= 4 is 16.9 Å². The number of methoxy groups -OCH3 is 1. The third-order valence-corrected chi connectivity index (χ3v) is 6.39.